The largest absolute Gasteiger partial charge is 0.469 e. The Morgan fingerprint density at radius 3 is 2.62 bits per heavy atom. The van der Waals surface area contributed by atoms with Crippen molar-refractivity contribution < 1.29 is 19.1 Å². The summed E-state index contributed by atoms with van der Waals surface area (Å²) in [5.41, 5.74) is 0.107. The minimum Gasteiger partial charge on any atom is -0.469 e. The molecule has 0 amide bonds. The summed E-state index contributed by atoms with van der Waals surface area (Å²) in [4.78, 5) is 25.2. The molecule has 4 saturated carbocycles. The van der Waals surface area contributed by atoms with Crippen LogP contribution in [0.15, 0.2) is 42.5 Å². The van der Waals surface area contributed by atoms with Crippen molar-refractivity contribution in [3.05, 3.63) is 48.0 Å². The molecule has 24 heavy (non-hydrogen) atoms. The molecule has 0 radical (unpaired) electrons. The molecule has 1 aromatic rings. The Morgan fingerprint density at radius 2 is 1.88 bits per heavy atom. The third kappa shape index (κ3) is 1.54. The van der Waals surface area contributed by atoms with Gasteiger partial charge in [-0.2, -0.15) is 0 Å². The Bertz CT molecular complexity index is 739. The molecule has 7 atom stereocenters. The van der Waals surface area contributed by atoms with Crippen molar-refractivity contribution in [1.29, 1.82) is 0 Å². The van der Waals surface area contributed by atoms with Crippen LogP contribution in [0.5, 0.6) is 0 Å². The molecule has 4 heteroatoms. The van der Waals surface area contributed by atoms with E-state index in [0.717, 1.165) is 12.8 Å². The van der Waals surface area contributed by atoms with E-state index in [1.54, 1.807) is 12.1 Å². The van der Waals surface area contributed by atoms with Crippen molar-refractivity contribution in [2.24, 2.45) is 35.0 Å². The van der Waals surface area contributed by atoms with Gasteiger partial charge in [-0.25, -0.2) is 4.79 Å². The maximum atomic E-state index is 12.7. The van der Waals surface area contributed by atoms with Crippen molar-refractivity contribution in [1.82, 2.24) is 0 Å². The summed E-state index contributed by atoms with van der Waals surface area (Å²) in [5.74, 6) is 1.36. The van der Waals surface area contributed by atoms with Crippen LogP contribution in [0.25, 0.3) is 0 Å². The first-order valence-electron chi connectivity index (χ1n) is 8.69. The van der Waals surface area contributed by atoms with Gasteiger partial charge in [0.05, 0.1) is 18.1 Å². The zero-order valence-corrected chi connectivity index (χ0v) is 13.6. The van der Waals surface area contributed by atoms with Crippen molar-refractivity contribution in [2.45, 2.75) is 18.9 Å². The van der Waals surface area contributed by atoms with E-state index < -0.39 is 5.41 Å². The van der Waals surface area contributed by atoms with Crippen molar-refractivity contribution in [3.8, 4) is 0 Å². The SMILES string of the molecule is COC(=O)[C@@]12CC=CC[C@@H]3[C@H]4[C@@H]([C@@H](OC(=O)c5ccccc5)[C@@H]31)[C@@H]42. The molecule has 5 aliphatic rings. The highest BCUT2D eigenvalue weighted by Gasteiger charge is 2.86. The van der Waals surface area contributed by atoms with Crippen LogP contribution in [0.4, 0.5) is 0 Å². The molecule has 0 aliphatic heterocycles. The molecule has 0 N–H and O–H groups in total. The van der Waals surface area contributed by atoms with Crippen LogP contribution in [0.3, 0.4) is 0 Å². The van der Waals surface area contributed by atoms with Crippen LogP contribution >= 0.6 is 0 Å². The zero-order valence-electron chi connectivity index (χ0n) is 13.6. The number of carbonyl (C=O) groups excluding carboxylic acids is 2. The van der Waals surface area contributed by atoms with Gasteiger partial charge >= 0.3 is 11.9 Å². The summed E-state index contributed by atoms with van der Waals surface area (Å²) in [6.07, 6.45) is 5.88. The quantitative estimate of drug-likeness (QED) is 0.634. The van der Waals surface area contributed by atoms with E-state index in [2.05, 4.69) is 12.2 Å². The van der Waals surface area contributed by atoms with Gasteiger partial charge in [0, 0.05) is 11.8 Å². The van der Waals surface area contributed by atoms with Crippen molar-refractivity contribution >= 4 is 11.9 Å². The fraction of sp³-hybridized carbons (Fsp3) is 0.500. The molecule has 4 fully saturated rings. The molecule has 0 spiro atoms. The first-order chi connectivity index (χ1) is 11.7. The average Bonchev–Trinajstić information content (AvgIpc) is 3.14. The highest BCUT2D eigenvalue weighted by Crippen LogP contribution is 2.83. The van der Waals surface area contributed by atoms with Gasteiger partial charge in [-0.15, -0.1) is 0 Å². The van der Waals surface area contributed by atoms with Crippen LogP contribution in [0, 0.1) is 35.0 Å². The molecular weight excluding hydrogens is 304 g/mol. The van der Waals surface area contributed by atoms with E-state index in [-0.39, 0.29) is 24.0 Å². The zero-order chi connectivity index (χ0) is 16.5. The molecule has 124 valence electrons. The molecular formula is C20H20O4. The Labute approximate surface area is 140 Å². The van der Waals surface area contributed by atoms with Gasteiger partial charge in [0.15, 0.2) is 0 Å². The van der Waals surface area contributed by atoms with Crippen LogP contribution < -0.4 is 0 Å². The van der Waals surface area contributed by atoms with E-state index in [0.29, 0.717) is 29.2 Å². The molecule has 0 heterocycles. The van der Waals surface area contributed by atoms with E-state index in [4.69, 9.17) is 9.47 Å². The monoisotopic (exact) mass is 324 g/mol. The number of benzene rings is 1. The summed E-state index contributed by atoms with van der Waals surface area (Å²) in [6.45, 7) is 0. The maximum absolute atomic E-state index is 12.7. The predicted octanol–water partition coefficient (Wildman–Crippen LogP) is 2.84. The van der Waals surface area contributed by atoms with E-state index in [1.165, 1.54) is 7.11 Å². The van der Waals surface area contributed by atoms with Gasteiger partial charge in [0.2, 0.25) is 0 Å². The second kappa shape index (κ2) is 4.71. The molecule has 0 unspecified atom stereocenters. The Kier molecular flexibility index (Phi) is 2.80. The Hall–Kier alpha value is -2.10. The molecule has 4 nitrogen and oxygen atoms in total. The summed E-state index contributed by atoms with van der Waals surface area (Å²) >= 11 is 0. The second-order valence-electron chi connectivity index (χ2n) is 7.55. The van der Waals surface area contributed by atoms with Crippen molar-refractivity contribution in [3.63, 3.8) is 0 Å². The lowest BCUT2D eigenvalue weighted by molar-refractivity contribution is -0.157. The standard InChI is InChI=1S/C20H20O4/c1-23-19(22)20-10-6-5-9-12-13-14(16(13)20)17(15(12)20)24-18(21)11-7-3-2-4-8-11/h2-8,12-17H,9-10H2,1H3/t12-,13+,14-,15-,16-,17-,20+/m1/s1. The summed E-state index contributed by atoms with van der Waals surface area (Å²) in [6, 6.07) is 9.11. The van der Waals surface area contributed by atoms with E-state index in [9.17, 15) is 9.59 Å². The minimum absolute atomic E-state index is 0.104. The van der Waals surface area contributed by atoms with Crippen LogP contribution in [-0.2, 0) is 14.3 Å². The molecule has 5 aliphatic carbocycles. The normalized spacial score (nSPS) is 43.2. The van der Waals surface area contributed by atoms with Gasteiger partial charge < -0.3 is 9.47 Å². The van der Waals surface area contributed by atoms with Gasteiger partial charge in [-0.3, -0.25) is 4.79 Å². The number of esters is 2. The third-order valence-corrected chi connectivity index (χ3v) is 6.86. The van der Waals surface area contributed by atoms with E-state index >= 15 is 0 Å². The summed E-state index contributed by atoms with van der Waals surface area (Å²) in [5, 5.41) is 0. The maximum Gasteiger partial charge on any atom is 0.338 e. The van der Waals surface area contributed by atoms with Gasteiger partial charge in [-0.1, -0.05) is 30.4 Å². The Morgan fingerprint density at radius 1 is 1.08 bits per heavy atom. The number of ether oxygens (including phenoxy) is 2. The lowest BCUT2D eigenvalue weighted by Crippen LogP contribution is -2.40. The Balaban J connectivity index is 1.47. The molecule has 0 saturated heterocycles. The predicted molar refractivity (Wildman–Crippen MR) is 85.9 cm³/mol. The average molecular weight is 324 g/mol. The van der Waals surface area contributed by atoms with Crippen molar-refractivity contribution in [2.75, 3.05) is 7.11 Å². The fourth-order valence-electron chi connectivity index (χ4n) is 6.21. The molecule has 6 bridgehead atoms. The van der Waals surface area contributed by atoms with Crippen LogP contribution in [-0.4, -0.2) is 25.2 Å². The summed E-state index contributed by atoms with van der Waals surface area (Å²) < 4.78 is 11.1. The molecule has 6 rings (SSSR count). The van der Waals surface area contributed by atoms with E-state index in [1.807, 2.05) is 18.2 Å². The highest BCUT2D eigenvalue weighted by atomic mass is 16.5. The number of carbonyl (C=O) groups is 2. The third-order valence-electron chi connectivity index (χ3n) is 6.86. The van der Waals surface area contributed by atoms with Gasteiger partial charge in [0.1, 0.15) is 6.10 Å². The minimum atomic E-state index is -0.469. The van der Waals surface area contributed by atoms with Gasteiger partial charge in [-0.05, 0) is 42.7 Å². The number of hydrogen-bond acceptors (Lipinski definition) is 4. The topological polar surface area (TPSA) is 52.6 Å². The smallest absolute Gasteiger partial charge is 0.338 e. The number of hydrogen-bond donors (Lipinski definition) is 0. The fourth-order valence-corrected chi connectivity index (χ4v) is 6.21. The first kappa shape index (κ1) is 14.3. The lowest BCUT2D eigenvalue weighted by Gasteiger charge is -2.32. The van der Waals surface area contributed by atoms with Gasteiger partial charge in [0.25, 0.3) is 0 Å². The summed E-state index contributed by atoms with van der Waals surface area (Å²) in [7, 11) is 1.47. The molecule has 0 aromatic heterocycles. The van der Waals surface area contributed by atoms with Crippen LogP contribution in [0.2, 0.25) is 0 Å². The number of rotatable bonds is 3. The molecule has 1 aromatic carbocycles. The number of methoxy groups -OCH3 is 1. The second-order valence-corrected chi connectivity index (χ2v) is 7.55. The first-order valence-corrected chi connectivity index (χ1v) is 8.69. The lowest BCUT2D eigenvalue weighted by atomic mass is 9.74. The highest BCUT2D eigenvalue weighted by molar-refractivity contribution is 5.90. The number of allylic oxidation sites excluding steroid dienone is 2. The van der Waals surface area contributed by atoms with Crippen LogP contribution in [0.1, 0.15) is 23.2 Å².